The van der Waals surface area contributed by atoms with Crippen molar-refractivity contribution in [1.82, 2.24) is 4.90 Å². The molecule has 0 aromatic rings. The van der Waals surface area contributed by atoms with Crippen LogP contribution >= 0.6 is 0 Å². The van der Waals surface area contributed by atoms with Gasteiger partial charge in [0, 0.05) is 31.6 Å². The van der Waals surface area contributed by atoms with Crippen molar-refractivity contribution in [3.8, 4) is 0 Å². The summed E-state index contributed by atoms with van der Waals surface area (Å²) in [6.45, 7) is 8.36. The van der Waals surface area contributed by atoms with Crippen LogP contribution in [0.4, 0.5) is 0 Å². The monoisotopic (exact) mass is 253 g/mol. The minimum Gasteiger partial charge on any atom is -0.341 e. The van der Waals surface area contributed by atoms with Gasteiger partial charge in [-0.2, -0.15) is 0 Å². The number of hydrogen-bond donors (Lipinski definition) is 2. The molecule has 4 nitrogen and oxygen atoms in total. The van der Waals surface area contributed by atoms with E-state index in [1.807, 2.05) is 4.90 Å². The molecule has 2 aliphatic rings. The van der Waals surface area contributed by atoms with Gasteiger partial charge in [-0.15, -0.1) is 0 Å². The number of rotatable bonds is 2. The quantitative estimate of drug-likeness (QED) is 0.774. The second-order valence-corrected chi connectivity index (χ2v) is 7.56. The van der Waals surface area contributed by atoms with E-state index in [0.717, 1.165) is 25.8 Å². The van der Waals surface area contributed by atoms with Crippen molar-refractivity contribution in [1.29, 1.82) is 0 Å². The number of nitrogens with two attached hydrogens (primary N) is 2. The summed E-state index contributed by atoms with van der Waals surface area (Å²) in [5.41, 5.74) is 12.5. The zero-order valence-corrected chi connectivity index (χ0v) is 11.9. The van der Waals surface area contributed by atoms with Crippen molar-refractivity contribution >= 4 is 5.91 Å². The fourth-order valence-corrected chi connectivity index (χ4v) is 4.25. The van der Waals surface area contributed by atoms with E-state index in [2.05, 4.69) is 20.8 Å². The number of carbonyl (C=O) groups is 1. The van der Waals surface area contributed by atoms with Crippen molar-refractivity contribution in [2.24, 2.45) is 22.3 Å². The lowest BCUT2D eigenvalue weighted by Gasteiger charge is -2.47. The maximum Gasteiger partial charge on any atom is 0.224 e. The molecular formula is C14H27N3O. The molecule has 2 fully saturated rings. The molecule has 1 amide bonds. The number of hydrogen-bond acceptors (Lipinski definition) is 3. The third-order valence-electron chi connectivity index (χ3n) is 4.29. The number of carbonyl (C=O) groups excluding carboxylic acids is 1. The molecule has 2 rings (SSSR count). The van der Waals surface area contributed by atoms with Gasteiger partial charge in [0.2, 0.25) is 5.91 Å². The maximum absolute atomic E-state index is 11.9. The molecule has 1 heterocycles. The van der Waals surface area contributed by atoms with Crippen molar-refractivity contribution in [2.45, 2.75) is 58.5 Å². The molecule has 18 heavy (non-hydrogen) atoms. The zero-order chi connectivity index (χ0) is 13.6. The maximum atomic E-state index is 11.9. The van der Waals surface area contributed by atoms with Gasteiger partial charge in [-0.25, -0.2) is 0 Å². The molecule has 0 radical (unpaired) electrons. The van der Waals surface area contributed by atoms with E-state index < -0.39 is 0 Å². The Balaban J connectivity index is 2.05. The summed E-state index contributed by atoms with van der Waals surface area (Å²) in [6, 6.07) is 0.275. The van der Waals surface area contributed by atoms with Crippen LogP contribution in [0.1, 0.15) is 46.5 Å². The molecule has 4 heteroatoms. The van der Waals surface area contributed by atoms with Crippen molar-refractivity contribution in [2.75, 3.05) is 13.1 Å². The van der Waals surface area contributed by atoms with Crippen LogP contribution in [0.5, 0.6) is 0 Å². The highest BCUT2D eigenvalue weighted by Gasteiger charge is 2.42. The largest absolute Gasteiger partial charge is 0.341 e. The van der Waals surface area contributed by atoms with Crippen molar-refractivity contribution in [3.63, 3.8) is 0 Å². The number of amides is 1. The van der Waals surface area contributed by atoms with Crippen LogP contribution in [0.15, 0.2) is 0 Å². The minimum absolute atomic E-state index is 0.0198. The summed E-state index contributed by atoms with van der Waals surface area (Å²) < 4.78 is 0. The van der Waals surface area contributed by atoms with Crippen LogP contribution in [0, 0.1) is 10.8 Å². The molecule has 1 aliphatic heterocycles. The fourth-order valence-electron chi connectivity index (χ4n) is 4.25. The molecule has 1 saturated carbocycles. The molecule has 1 saturated heterocycles. The Hall–Kier alpha value is -0.610. The van der Waals surface area contributed by atoms with E-state index in [-0.39, 0.29) is 28.8 Å². The number of likely N-dealkylation sites (tertiary alicyclic amines) is 1. The lowest BCUT2D eigenvalue weighted by atomic mass is 9.62. The number of nitrogens with zero attached hydrogens (tertiary/aromatic N) is 1. The van der Waals surface area contributed by atoms with Gasteiger partial charge in [0.05, 0.1) is 0 Å². The van der Waals surface area contributed by atoms with E-state index in [0.29, 0.717) is 13.0 Å². The second-order valence-electron chi connectivity index (χ2n) is 7.56. The van der Waals surface area contributed by atoms with Gasteiger partial charge in [0.25, 0.3) is 0 Å². The van der Waals surface area contributed by atoms with Gasteiger partial charge < -0.3 is 16.4 Å². The first-order chi connectivity index (χ1) is 8.19. The molecule has 1 aliphatic carbocycles. The topological polar surface area (TPSA) is 72.3 Å². The summed E-state index contributed by atoms with van der Waals surface area (Å²) in [7, 11) is 0. The zero-order valence-electron chi connectivity index (χ0n) is 11.9. The first-order valence-electron chi connectivity index (χ1n) is 6.98. The summed E-state index contributed by atoms with van der Waals surface area (Å²) in [4.78, 5) is 13.8. The Morgan fingerprint density at radius 1 is 1.22 bits per heavy atom. The highest BCUT2D eigenvalue weighted by atomic mass is 16.2. The molecule has 0 spiro atoms. The molecular weight excluding hydrogens is 226 g/mol. The average molecular weight is 253 g/mol. The Morgan fingerprint density at radius 2 is 1.89 bits per heavy atom. The van der Waals surface area contributed by atoms with Gasteiger partial charge in [0.15, 0.2) is 0 Å². The van der Waals surface area contributed by atoms with E-state index in [1.165, 1.54) is 0 Å². The van der Waals surface area contributed by atoms with Crippen LogP contribution in [-0.2, 0) is 4.79 Å². The predicted octanol–water partition coefficient (Wildman–Crippen LogP) is 1.09. The average Bonchev–Trinajstić information content (AvgIpc) is 2.38. The Labute approximate surface area is 110 Å². The van der Waals surface area contributed by atoms with Gasteiger partial charge >= 0.3 is 0 Å². The molecule has 4 N–H and O–H groups in total. The molecule has 3 unspecified atom stereocenters. The third-order valence-corrected chi connectivity index (χ3v) is 4.29. The van der Waals surface area contributed by atoms with Gasteiger partial charge in [-0.3, -0.25) is 4.79 Å². The smallest absolute Gasteiger partial charge is 0.224 e. The lowest BCUT2D eigenvalue weighted by Crippen LogP contribution is -2.48. The van der Waals surface area contributed by atoms with Gasteiger partial charge in [-0.05, 0) is 30.1 Å². The Morgan fingerprint density at radius 3 is 2.39 bits per heavy atom. The van der Waals surface area contributed by atoms with Gasteiger partial charge in [0.1, 0.15) is 0 Å². The van der Waals surface area contributed by atoms with Crippen LogP contribution in [-0.4, -0.2) is 36.0 Å². The fraction of sp³-hybridized carbons (Fsp3) is 0.929. The van der Waals surface area contributed by atoms with E-state index in [9.17, 15) is 4.79 Å². The van der Waals surface area contributed by atoms with Crippen molar-refractivity contribution < 1.29 is 4.79 Å². The van der Waals surface area contributed by atoms with E-state index >= 15 is 0 Å². The van der Waals surface area contributed by atoms with Crippen LogP contribution in [0.2, 0.25) is 0 Å². The summed E-state index contributed by atoms with van der Waals surface area (Å²) in [6.07, 6.45) is 3.73. The second kappa shape index (κ2) is 4.49. The van der Waals surface area contributed by atoms with Gasteiger partial charge in [-0.1, -0.05) is 20.8 Å². The van der Waals surface area contributed by atoms with Crippen LogP contribution < -0.4 is 11.5 Å². The Kier molecular flexibility index (Phi) is 3.45. The van der Waals surface area contributed by atoms with Crippen LogP contribution in [0.3, 0.4) is 0 Å². The third kappa shape index (κ3) is 3.04. The standard InChI is InChI=1S/C14H27N3O/c1-13(2)5-11(16)6-14(3,8-13)9-17-7-10(15)4-12(17)18/h10-11H,4-9,15-16H2,1-3H3. The van der Waals surface area contributed by atoms with Crippen molar-refractivity contribution in [3.05, 3.63) is 0 Å². The first-order valence-corrected chi connectivity index (χ1v) is 6.98. The Bertz CT molecular complexity index is 342. The van der Waals surface area contributed by atoms with Crippen LogP contribution in [0.25, 0.3) is 0 Å². The summed E-state index contributed by atoms with van der Waals surface area (Å²) in [5, 5.41) is 0. The molecule has 3 atom stereocenters. The molecule has 0 bridgehead atoms. The summed E-state index contributed by atoms with van der Waals surface area (Å²) in [5.74, 6) is 0.209. The lowest BCUT2D eigenvalue weighted by molar-refractivity contribution is -0.129. The van der Waals surface area contributed by atoms with E-state index in [1.54, 1.807) is 0 Å². The normalized spacial score (nSPS) is 40.3. The highest BCUT2D eigenvalue weighted by Crippen LogP contribution is 2.46. The SMILES string of the molecule is CC1(C)CC(N)CC(C)(CN2CC(N)CC2=O)C1. The highest BCUT2D eigenvalue weighted by molar-refractivity contribution is 5.79. The van der Waals surface area contributed by atoms with E-state index in [4.69, 9.17) is 11.5 Å². The minimum atomic E-state index is 0.0198. The summed E-state index contributed by atoms with van der Waals surface area (Å²) >= 11 is 0. The molecule has 0 aromatic heterocycles. The molecule has 0 aromatic carbocycles. The first kappa shape index (κ1) is 13.8. The predicted molar refractivity (Wildman–Crippen MR) is 72.9 cm³/mol. The molecule has 104 valence electrons.